The number of halogens is 2. The molecule has 0 amide bonds. The van der Waals surface area contributed by atoms with Gasteiger partial charge in [-0.2, -0.15) is 9.97 Å². The maximum absolute atomic E-state index is 16.7. The van der Waals surface area contributed by atoms with Crippen molar-refractivity contribution in [2.45, 2.75) is 56.1 Å². The van der Waals surface area contributed by atoms with Crippen LogP contribution in [0, 0.1) is 24.0 Å². The van der Waals surface area contributed by atoms with Gasteiger partial charge in [0.25, 0.3) is 0 Å². The van der Waals surface area contributed by atoms with Gasteiger partial charge in [0.1, 0.15) is 35.2 Å². The van der Waals surface area contributed by atoms with Crippen molar-refractivity contribution in [1.82, 2.24) is 25.2 Å². The van der Waals surface area contributed by atoms with E-state index in [0.29, 0.717) is 40.7 Å². The lowest BCUT2D eigenvalue weighted by molar-refractivity contribution is 0.108. The number of aliphatic hydroxyl groups is 1. The molecule has 6 heterocycles. The van der Waals surface area contributed by atoms with Crippen molar-refractivity contribution in [2.75, 3.05) is 44.8 Å². The molecule has 4 saturated heterocycles. The number of nitrogens with zero attached hydrogens (tertiary/aromatic N) is 5. The van der Waals surface area contributed by atoms with Gasteiger partial charge >= 0.3 is 6.01 Å². The van der Waals surface area contributed by atoms with Crippen molar-refractivity contribution in [2.24, 2.45) is 0 Å². The van der Waals surface area contributed by atoms with E-state index in [0.717, 1.165) is 71.8 Å². The Bertz CT molecular complexity index is 1810. The molecule has 0 spiro atoms. The van der Waals surface area contributed by atoms with Gasteiger partial charge in [0.05, 0.1) is 16.5 Å². The summed E-state index contributed by atoms with van der Waals surface area (Å²) in [4.78, 5) is 18.7. The highest BCUT2D eigenvalue weighted by Gasteiger charge is 2.45. The molecule has 4 aliphatic rings. The molecule has 45 heavy (non-hydrogen) atoms. The second kappa shape index (κ2) is 11.7. The highest BCUT2D eigenvalue weighted by molar-refractivity contribution is 6.03. The van der Waals surface area contributed by atoms with Crippen LogP contribution in [-0.4, -0.2) is 87.6 Å². The monoisotopic (exact) mass is 614 g/mol. The fourth-order valence-electron chi connectivity index (χ4n) is 7.90. The molecule has 11 heteroatoms. The van der Waals surface area contributed by atoms with E-state index >= 15 is 4.39 Å². The molecular formula is C34H36F2N6O3. The molecule has 3 N–H and O–H groups in total. The number of pyridine rings is 1. The molecule has 0 saturated carbocycles. The van der Waals surface area contributed by atoms with Crippen molar-refractivity contribution in [1.29, 1.82) is 0 Å². The van der Waals surface area contributed by atoms with Crippen LogP contribution < -0.4 is 15.0 Å². The van der Waals surface area contributed by atoms with Gasteiger partial charge in [-0.05, 0) is 75.2 Å². The van der Waals surface area contributed by atoms with Crippen LogP contribution in [0.3, 0.4) is 0 Å². The van der Waals surface area contributed by atoms with Crippen molar-refractivity contribution < 1.29 is 23.7 Å². The molecule has 0 aliphatic carbocycles. The second-order valence-corrected chi connectivity index (χ2v) is 12.4. The van der Waals surface area contributed by atoms with Gasteiger partial charge in [-0.1, -0.05) is 12.0 Å². The van der Waals surface area contributed by atoms with Gasteiger partial charge in [0.2, 0.25) is 0 Å². The van der Waals surface area contributed by atoms with Gasteiger partial charge in [-0.25, -0.2) is 8.78 Å². The SMILES string of the molecule is C#Cc1c(F)ccc2cc(O)cc(-c3ncc4c(N5CC6CCC(C5)N6)nc(OCC56CCCN5CCC6)nc4c3F)c12.CO. The zero-order valence-electron chi connectivity index (χ0n) is 25.2. The minimum absolute atomic E-state index is 0.0191. The molecular weight excluding hydrogens is 578 g/mol. The average Bonchev–Trinajstić information content (AvgIpc) is 3.74. The van der Waals surface area contributed by atoms with Gasteiger partial charge in [-0.15, -0.1) is 6.42 Å². The predicted molar refractivity (Wildman–Crippen MR) is 168 cm³/mol. The van der Waals surface area contributed by atoms with Crippen molar-refractivity contribution >= 4 is 27.5 Å². The highest BCUT2D eigenvalue weighted by Crippen LogP contribution is 2.41. The van der Waals surface area contributed by atoms with E-state index in [1.54, 1.807) is 6.20 Å². The van der Waals surface area contributed by atoms with E-state index in [-0.39, 0.29) is 39.6 Å². The molecule has 8 rings (SSSR count). The third kappa shape index (κ3) is 5.01. The molecule has 0 radical (unpaired) electrons. The number of fused-ring (bicyclic) bond motifs is 5. The zero-order valence-corrected chi connectivity index (χ0v) is 25.2. The molecule has 4 aliphatic heterocycles. The Morgan fingerprint density at radius 2 is 1.82 bits per heavy atom. The number of aliphatic hydroxyl groups excluding tert-OH is 1. The van der Waals surface area contributed by atoms with Crippen molar-refractivity contribution in [3.05, 3.63) is 47.7 Å². The number of anilines is 1. The molecule has 4 aromatic rings. The summed E-state index contributed by atoms with van der Waals surface area (Å²) in [7, 11) is 1.00. The molecule has 2 aromatic heterocycles. The number of phenolic OH excluding ortho intramolecular Hbond substituents is 1. The molecule has 2 unspecified atom stereocenters. The Morgan fingerprint density at radius 1 is 1.09 bits per heavy atom. The quantitative estimate of drug-likeness (QED) is 0.283. The van der Waals surface area contributed by atoms with Gasteiger partial charge in [0.15, 0.2) is 5.82 Å². The van der Waals surface area contributed by atoms with Crippen LogP contribution in [0.2, 0.25) is 0 Å². The van der Waals surface area contributed by atoms with Gasteiger partial charge in [-0.3, -0.25) is 9.88 Å². The summed E-state index contributed by atoms with van der Waals surface area (Å²) < 4.78 is 37.8. The zero-order chi connectivity index (χ0) is 31.3. The van der Waals surface area contributed by atoms with Crippen LogP contribution >= 0.6 is 0 Å². The Labute approximate surface area is 260 Å². The minimum Gasteiger partial charge on any atom is -0.508 e. The van der Waals surface area contributed by atoms with Crippen LogP contribution in [-0.2, 0) is 0 Å². The Hall–Kier alpha value is -4.11. The molecule has 234 valence electrons. The topological polar surface area (TPSA) is 107 Å². The third-order valence-corrected chi connectivity index (χ3v) is 9.89. The third-order valence-electron chi connectivity index (χ3n) is 9.89. The Balaban J connectivity index is 0.00000160. The van der Waals surface area contributed by atoms with Crippen molar-refractivity contribution in [3.63, 3.8) is 0 Å². The van der Waals surface area contributed by atoms with E-state index in [2.05, 4.69) is 31.0 Å². The van der Waals surface area contributed by atoms with E-state index in [9.17, 15) is 9.50 Å². The molecule has 2 bridgehead atoms. The van der Waals surface area contributed by atoms with Crippen LogP contribution in [0.5, 0.6) is 11.8 Å². The smallest absolute Gasteiger partial charge is 0.319 e. The first kappa shape index (κ1) is 29.6. The number of terminal acetylenes is 1. The maximum atomic E-state index is 16.7. The molecule has 9 nitrogen and oxygen atoms in total. The largest absolute Gasteiger partial charge is 0.508 e. The van der Waals surface area contributed by atoms with Gasteiger partial charge < -0.3 is 25.2 Å². The first-order valence-electron chi connectivity index (χ1n) is 15.5. The minimum atomic E-state index is -0.704. The summed E-state index contributed by atoms with van der Waals surface area (Å²) in [5, 5.41) is 22.4. The summed E-state index contributed by atoms with van der Waals surface area (Å²) in [5.74, 6) is 1.57. The van der Waals surface area contributed by atoms with E-state index in [1.165, 1.54) is 24.3 Å². The first-order valence-corrected chi connectivity index (χ1v) is 15.5. The number of rotatable bonds is 5. The fourth-order valence-corrected chi connectivity index (χ4v) is 7.90. The lowest BCUT2D eigenvalue weighted by atomic mass is 9.95. The average molecular weight is 615 g/mol. The van der Waals surface area contributed by atoms with E-state index in [4.69, 9.17) is 21.3 Å². The Morgan fingerprint density at radius 3 is 2.53 bits per heavy atom. The van der Waals surface area contributed by atoms with Gasteiger partial charge in [0, 0.05) is 49.4 Å². The Kier molecular flexibility index (Phi) is 7.68. The van der Waals surface area contributed by atoms with Crippen LogP contribution in [0.25, 0.3) is 32.9 Å². The van der Waals surface area contributed by atoms with Crippen LogP contribution in [0.15, 0.2) is 30.5 Å². The summed E-state index contributed by atoms with van der Waals surface area (Å²) in [6.07, 6.45) is 13.8. The lowest BCUT2D eigenvalue weighted by Gasteiger charge is -2.34. The fraction of sp³-hybridized carbons (Fsp3) is 0.441. The highest BCUT2D eigenvalue weighted by atomic mass is 19.1. The first-order chi connectivity index (χ1) is 21.9. The van der Waals surface area contributed by atoms with Crippen LogP contribution in [0.4, 0.5) is 14.6 Å². The molecule has 4 fully saturated rings. The number of hydrogen-bond acceptors (Lipinski definition) is 9. The lowest BCUT2D eigenvalue weighted by Crippen LogP contribution is -2.51. The van der Waals surface area contributed by atoms with Crippen molar-refractivity contribution in [3.8, 4) is 35.4 Å². The number of ether oxygens (including phenoxy) is 1. The number of benzene rings is 2. The number of hydrogen-bond donors (Lipinski definition) is 3. The normalized spacial score (nSPS) is 21.9. The number of phenols is 1. The summed E-state index contributed by atoms with van der Waals surface area (Å²) in [6, 6.07) is 6.39. The number of nitrogens with one attached hydrogen (secondary N) is 1. The maximum Gasteiger partial charge on any atom is 0.319 e. The van der Waals surface area contributed by atoms with E-state index in [1.807, 2.05) is 0 Å². The van der Waals surface area contributed by atoms with E-state index < -0.39 is 11.6 Å². The number of aromatic nitrogens is 3. The summed E-state index contributed by atoms with van der Waals surface area (Å²) >= 11 is 0. The summed E-state index contributed by atoms with van der Waals surface area (Å²) in [6.45, 7) is 4.07. The number of piperazine rings is 1. The molecule has 2 atom stereocenters. The van der Waals surface area contributed by atoms with Crippen LogP contribution in [0.1, 0.15) is 44.1 Å². The number of aromatic hydroxyl groups is 1. The predicted octanol–water partition coefficient (Wildman–Crippen LogP) is 4.37. The summed E-state index contributed by atoms with van der Waals surface area (Å²) in [5.41, 5.74) is 0.136. The standard InChI is InChI=1S/C33H32F2N6O2.CH4O/c1-2-23-26(34)8-5-19-13-22(42)14-24(27(19)23)29-28(35)30-25(15-36-29)31(40-16-20-6-7-21(17-40)37-20)39-32(38-30)43-18-33-9-3-11-41(33)12-4-10-33;1-2/h1,5,8,13-15,20-21,37,42H,3-4,6-7,9-12,16-18H2;2H,1H3. The second-order valence-electron chi connectivity index (χ2n) is 12.4. The molecule has 2 aromatic carbocycles.